The van der Waals surface area contributed by atoms with E-state index in [1.807, 2.05) is 55.5 Å². The largest absolute Gasteiger partial charge is 0.489 e. The van der Waals surface area contributed by atoms with Crippen LogP contribution in [-0.4, -0.2) is 16.1 Å². The number of hydrogen-bond donors (Lipinski definition) is 1. The molecule has 0 aliphatic heterocycles. The summed E-state index contributed by atoms with van der Waals surface area (Å²) in [5, 5.41) is 12.2. The molecule has 0 radical (unpaired) electrons. The molecule has 0 spiro atoms. The van der Waals surface area contributed by atoms with Crippen LogP contribution in [0.5, 0.6) is 5.75 Å². The van der Waals surface area contributed by atoms with E-state index in [1.54, 1.807) is 6.07 Å². The van der Waals surface area contributed by atoms with Crippen molar-refractivity contribution in [3.05, 3.63) is 70.7 Å². The summed E-state index contributed by atoms with van der Waals surface area (Å²) in [6.45, 7) is 2.33. The Morgan fingerprint density at radius 2 is 1.83 bits per heavy atom. The molecule has 3 rings (SSSR count). The molecule has 0 bridgehead atoms. The second kappa shape index (κ2) is 7.70. The zero-order chi connectivity index (χ0) is 16.8. The van der Waals surface area contributed by atoms with Gasteiger partial charge in [0, 0.05) is 11.1 Å². The first-order valence-corrected chi connectivity index (χ1v) is 8.47. The number of anilines is 1. The van der Waals surface area contributed by atoms with Gasteiger partial charge < -0.3 is 4.74 Å². The first kappa shape index (κ1) is 16.1. The Balaban J connectivity index is 1.72. The van der Waals surface area contributed by atoms with Crippen LogP contribution in [0.4, 0.5) is 5.13 Å². The van der Waals surface area contributed by atoms with Gasteiger partial charge in [0.2, 0.25) is 5.13 Å². The van der Waals surface area contributed by atoms with Crippen molar-refractivity contribution in [3.8, 4) is 5.75 Å². The summed E-state index contributed by atoms with van der Waals surface area (Å²) in [5.41, 5.74) is 1.39. The molecule has 0 fully saturated rings. The molecule has 24 heavy (non-hydrogen) atoms. The van der Waals surface area contributed by atoms with Crippen LogP contribution in [0.2, 0.25) is 0 Å². The van der Waals surface area contributed by atoms with Crippen molar-refractivity contribution in [2.24, 2.45) is 0 Å². The van der Waals surface area contributed by atoms with E-state index in [4.69, 9.17) is 4.74 Å². The summed E-state index contributed by atoms with van der Waals surface area (Å²) < 4.78 is 5.75. The van der Waals surface area contributed by atoms with Crippen molar-refractivity contribution in [2.75, 3.05) is 5.32 Å². The van der Waals surface area contributed by atoms with Crippen molar-refractivity contribution < 1.29 is 9.53 Å². The molecule has 2 aromatic carbocycles. The second-order valence-corrected chi connectivity index (χ2v) is 6.13. The molecule has 0 aliphatic rings. The highest BCUT2D eigenvalue weighted by Crippen LogP contribution is 2.19. The SMILES string of the molecule is CCc1nnc(NC(=O)c2ccccc2COc2ccccc2)s1. The first-order chi connectivity index (χ1) is 11.8. The lowest BCUT2D eigenvalue weighted by atomic mass is 10.1. The molecule has 6 heteroatoms. The summed E-state index contributed by atoms with van der Waals surface area (Å²) in [6, 6.07) is 16.9. The van der Waals surface area contributed by atoms with E-state index in [0.717, 1.165) is 22.7 Å². The van der Waals surface area contributed by atoms with Crippen molar-refractivity contribution in [3.63, 3.8) is 0 Å². The zero-order valence-electron chi connectivity index (χ0n) is 13.2. The van der Waals surface area contributed by atoms with E-state index in [1.165, 1.54) is 11.3 Å². The molecular formula is C18H17N3O2S. The lowest BCUT2D eigenvalue weighted by Crippen LogP contribution is -2.15. The predicted molar refractivity (Wildman–Crippen MR) is 94.5 cm³/mol. The number of nitrogens with zero attached hydrogens (tertiary/aromatic N) is 2. The number of amides is 1. The van der Waals surface area contributed by atoms with Gasteiger partial charge in [-0.25, -0.2) is 0 Å². The number of hydrogen-bond acceptors (Lipinski definition) is 5. The fraction of sp³-hybridized carbons (Fsp3) is 0.167. The monoisotopic (exact) mass is 339 g/mol. The Labute approximate surface area is 144 Å². The standard InChI is InChI=1S/C18H17N3O2S/c1-2-16-20-21-18(24-16)19-17(22)15-11-7-6-8-13(15)12-23-14-9-4-3-5-10-14/h3-11H,2,12H2,1H3,(H,19,21,22). The molecule has 1 aromatic heterocycles. The minimum Gasteiger partial charge on any atom is -0.489 e. The smallest absolute Gasteiger partial charge is 0.257 e. The Morgan fingerprint density at radius 1 is 1.08 bits per heavy atom. The third-order valence-electron chi connectivity index (χ3n) is 3.39. The molecule has 0 unspecified atom stereocenters. The number of nitrogens with one attached hydrogen (secondary N) is 1. The van der Waals surface area contributed by atoms with E-state index in [9.17, 15) is 4.79 Å². The Bertz CT molecular complexity index is 818. The number of carbonyl (C=O) groups is 1. The zero-order valence-corrected chi connectivity index (χ0v) is 14.0. The van der Waals surface area contributed by atoms with Gasteiger partial charge in [-0.1, -0.05) is 54.7 Å². The van der Waals surface area contributed by atoms with Crippen molar-refractivity contribution in [2.45, 2.75) is 20.0 Å². The Morgan fingerprint density at radius 3 is 2.58 bits per heavy atom. The molecule has 1 N–H and O–H groups in total. The molecule has 0 saturated heterocycles. The molecular weight excluding hydrogens is 322 g/mol. The van der Waals surface area contributed by atoms with Crippen LogP contribution >= 0.6 is 11.3 Å². The fourth-order valence-electron chi connectivity index (χ4n) is 2.16. The van der Waals surface area contributed by atoms with Gasteiger partial charge in [-0.2, -0.15) is 0 Å². The van der Waals surface area contributed by atoms with E-state index in [2.05, 4.69) is 15.5 Å². The maximum absolute atomic E-state index is 12.5. The van der Waals surface area contributed by atoms with Gasteiger partial charge in [0.1, 0.15) is 17.4 Å². The Kier molecular flexibility index (Phi) is 5.18. The maximum Gasteiger partial charge on any atom is 0.257 e. The van der Waals surface area contributed by atoms with Gasteiger partial charge in [-0.15, -0.1) is 10.2 Å². The Hall–Kier alpha value is -2.73. The average Bonchev–Trinajstić information content (AvgIpc) is 3.08. The van der Waals surface area contributed by atoms with Gasteiger partial charge in [0.15, 0.2) is 0 Å². The maximum atomic E-state index is 12.5. The quantitative estimate of drug-likeness (QED) is 0.739. The van der Waals surface area contributed by atoms with Crippen molar-refractivity contribution >= 4 is 22.4 Å². The van der Waals surface area contributed by atoms with Gasteiger partial charge in [0.25, 0.3) is 5.91 Å². The van der Waals surface area contributed by atoms with Gasteiger partial charge in [-0.05, 0) is 24.6 Å². The van der Waals surface area contributed by atoms with E-state index in [0.29, 0.717) is 17.3 Å². The van der Waals surface area contributed by atoms with Crippen LogP contribution in [0.1, 0.15) is 27.9 Å². The summed E-state index contributed by atoms with van der Waals surface area (Å²) in [5.74, 6) is 0.561. The molecule has 0 saturated carbocycles. The number of aryl methyl sites for hydroxylation is 1. The third-order valence-corrected chi connectivity index (χ3v) is 4.37. The molecule has 0 atom stereocenters. The molecule has 5 nitrogen and oxygen atoms in total. The number of carbonyl (C=O) groups excluding carboxylic acids is 1. The van der Waals surface area contributed by atoms with Crippen LogP contribution < -0.4 is 10.1 Å². The van der Waals surface area contributed by atoms with Crippen molar-refractivity contribution in [1.82, 2.24) is 10.2 Å². The highest BCUT2D eigenvalue weighted by Gasteiger charge is 2.13. The topological polar surface area (TPSA) is 64.1 Å². The van der Waals surface area contributed by atoms with Gasteiger partial charge >= 0.3 is 0 Å². The van der Waals surface area contributed by atoms with E-state index >= 15 is 0 Å². The van der Waals surface area contributed by atoms with Gasteiger partial charge in [0.05, 0.1) is 0 Å². The van der Waals surface area contributed by atoms with Crippen LogP contribution in [-0.2, 0) is 13.0 Å². The third kappa shape index (κ3) is 3.97. The number of aromatic nitrogens is 2. The minimum atomic E-state index is -0.207. The van der Waals surface area contributed by atoms with Gasteiger partial charge in [-0.3, -0.25) is 10.1 Å². The highest BCUT2D eigenvalue weighted by molar-refractivity contribution is 7.15. The molecule has 122 valence electrons. The normalized spacial score (nSPS) is 10.4. The fourth-order valence-corrected chi connectivity index (χ4v) is 2.83. The molecule has 0 aliphatic carbocycles. The molecule has 3 aromatic rings. The van der Waals surface area contributed by atoms with Crippen LogP contribution in [0.25, 0.3) is 0 Å². The van der Waals surface area contributed by atoms with E-state index in [-0.39, 0.29) is 5.91 Å². The number of rotatable bonds is 6. The second-order valence-electron chi connectivity index (χ2n) is 5.07. The lowest BCUT2D eigenvalue weighted by molar-refractivity contribution is 0.102. The van der Waals surface area contributed by atoms with Crippen LogP contribution in [0.15, 0.2) is 54.6 Å². The summed E-state index contributed by atoms with van der Waals surface area (Å²) in [4.78, 5) is 12.5. The van der Waals surface area contributed by atoms with Crippen molar-refractivity contribution in [1.29, 1.82) is 0 Å². The number of ether oxygens (including phenoxy) is 1. The lowest BCUT2D eigenvalue weighted by Gasteiger charge is -2.10. The molecule has 1 amide bonds. The van der Waals surface area contributed by atoms with Crippen LogP contribution in [0.3, 0.4) is 0 Å². The summed E-state index contributed by atoms with van der Waals surface area (Å²) in [7, 11) is 0. The summed E-state index contributed by atoms with van der Waals surface area (Å²) in [6.07, 6.45) is 0.801. The number of para-hydroxylation sites is 1. The van der Waals surface area contributed by atoms with E-state index < -0.39 is 0 Å². The first-order valence-electron chi connectivity index (χ1n) is 7.65. The summed E-state index contributed by atoms with van der Waals surface area (Å²) >= 11 is 1.39. The molecule has 1 heterocycles. The van der Waals surface area contributed by atoms with Crippen LogP contribution in [0, 0.1) is 0 Å². The minimum absolute atomic E-state index is 0.207. The highest BCUT2D eigenvalue weighted by atomic mass is 32.1. The average molecular weight is 339 g/mol. The number of benzene rings is 2. The predicted octanol–water partition coefficient (Wildman–Crippen LogP) is 3.93.